The maximum absolute atomic E-state index is 12.5. The Labute approximate surface area is 139 Å². The van der Waals surface area contributed by atoms with E-state index in [-0.39, 0.29) is 11.8 Å². The molecule has 0 bridgehead atoms. The average Bonchev–Trinajstić information content (AvgIpc) is 3.26. The molecule has 2 aliphatic carbocycles. The Balaban J connectivity index is 1.39. The summed E-state index contributed by atoms with van der Waals surface area (Å²) >= 11 is 0. The molecule has 128 valence electrons. The van der Waals surface area contributed by atoms with E-state index in [1.165, 1.54) is 25.7 Å². The number of carbonyl (C=O) groups is 2. The molecule has 1 saturated heterocycles. The molecule has 23 heavy (non-hydrogen) atoms. The molecular weight excluding hydrogens is 288 g/mol. The smallest absolute Gasteiger partial charge is 0.226 e. The molecule has 0 aromatic rings. The molecule has 4 nitrogen and oxygen atoms in total. The van der Waals surface area contributed by atoms with Crippen molar-refractivity contribution in [2.24, 2.45) is 17.8 Å². The summed E-state index contributed by atoms with van der Waals surface area (Å²) in [6.45, 7) is 2.44. The van der Waals surface area contributed by atoms with Gasteiger partial charge in [0.25, 0.3) is 0 Å². The van der Waals surface area contributed by atoms with Gasteiger partial charge in [-0.3, -0.25) is 9.59 Å². The summed E-state index contributed by atoms with van der Waals surface area (Å²) in [7, 11) is 0. The van der Waals surface area contributed by atoms with Crippen LogP contribution in [0.1, 0.15) is 57.8 Å². The Morgan fingerprint density at radius 3 is 2.43 bits per heavy atom. The summed E-state index contributed by atoms with van der Waals surface area (Å²) in [5, 5.41) is 3.12. The number of hydrogen-bond acceptors (Lipinski definition) is 2. The van der Waals surface area contributed by atoms with Crippen LogP contribution in [0.4, 0.5) is 0 Å². The van der Waals surface area contributed by atoms with E-state index in [0.29, 0.717) is 24.2 Å². The number of likely N-dealkylation sites (tertiary alicyclic amines) is 1. The van der Waals surface area contributed by atoms with E-state index in [9.17, 15) is 9.59 Å². The van der Waals surface area contributed by atoms with Gasteiger partial charge in [-0.2, -0.15) is 0 Å². The molecule has 1 heterocycles. The maximum atomic E-state index is 12.5. The van der Waals surface area contributed by atoms with Crippen molar-refractivity contribution < 1.29 is 9.59 Å². The molecule has 0 spiro atoms. The first-order valence-electron chi connectivity index (χ1n) is 9.43. The highest BCUT2D eigenvalue weighted by Gasteiger charge is 2.29. The number of piperidine rings is 1. The van der Waals surface area contributed by atoms with Gasteiger partial charge in [0.05, 0.1) is 0 Å². The van der Waals surface area contributed by atoms with Crippen LogP contribution >= 0.6 is 0 Å². The third-order valence-corrected chi connectivity index (χ3v) is 5.72. The topological polar surface area (TPSA) is 49.4 Å². The molecule has 1 N–H and O–H groups in total. The van der Waals surface area contributed by atoms with Gasteiger partial charge in [-0.1, -0.05) is 25.0 Å². The number of carbonyl (C=O) groups excluding carboxylic acids is 2. The molecule has 0 aromatic carbocycles. The minimum Gasteiger partial charge on any atom is -0.356 e. The first-order valence-corrected chi connectivity index (χ1v) is 9.43. The predicted molar refractivity (Wildman–Crippen MR) is 90.8 cm³/mol. The third-order valence-electron chi connectivity index (χ3n) is 5.72. The van der Waals surface area contributed by atoms with Crippen LogP contribution in [-0.2, 0) is 9.59 Å². The van der Waals surface area contributed by atoms with Gasteiger partial charge in [-0.05, 0) is 50.4 Å². The lowest BCUT2D eigenvalue weighted by molar-refractivity contribution is -0.137. The normalized spacial score (nSPS) is 25.9. The quantitative estimate of drug-likeness (QED) is 0.792. The Bertz CT molecular complexity index is 446. The van der Waals surface area contributed by atoms with Gasteiger partial charge in [0.2, 0.25) is 11.8 Å². The van der Waals surface area contributed by atoms with E-state index in [0.717, 1.165) is 45.3 Å². The zero-order valence-electron chi connectivity index (χ0n) is 14.1. The van der Waals surface area contributed by atoms with Gasteiger partial charge in [0, 0.05) is 32.0 Å². The van der Waals surface area contributed by atoms with Gasteiger partial charge in [0.15, 0.2) is 0 Å². The van der Waals surface area contributed by atoms with Gasteiger partial charge in [-0.25, -0.2) is 0 Å². The monoisotopic (exact) mass is 318 g/mol. The Kier molecular flexibility index (Phi) is 5.74. The number of nitrogens with zero attached hydrogens (tertiary/aromatic N) is 1. The summed E-state index contributed by atoms with van der Waals surface area (Å²) in [5.41, 5.74) is 0. The fourth-order valence-corrected chi connectivity index (χ4v) is 4.32. The van der Waals surface area contributed by atoms with Crippen LogP contribution in [0, 0.1) is 17.8 Å². The number of nitrogens with one attached hydrogen (secondary N) is 1. The van der Waals surface area contributed by atoms with Crippen molar-refractivity contribution in [1.82, 2.24) is 10.2 Å². The molecule has 1 saturated carbocycles. The van der Waals surface area contributed by atoms with Gasteiger partial charge in [-0.15, -0.1) is 0 Å². The van der Waals surface area contributed by atoms with Crippen molar-refractivity contribution in [1.29, 1.82) is 0 Å². The van der Waals surface area contributed by atoms with E-state index in [4.69, 9.17) is 0 Å². The number of rotatable bonds is 5. The second-order valence-electron chi connectivity index (χ2n) is 7.59. The highest BCUT2D eigenvalue weighted by Crippen LogP contribution is 2.27. The average molecular weight is 318 g/mol. The van der Waals surface area contributed by atoms with Crippen LogP contribution in [-0.4, -0.2) is 36.3 Å². The third kappa shape index (κ3) is 4.58. The Morgan fingerprint density at radius 1 is 1.00 bits per heavy atom. The number of allylic oxidation sites excluding steroid dienone is 2. The molecule has 0 radical (unpaired) electrons. The van der Waals surface area contributed by atoms with E-state index in [2.05, 4.69) is 17.5 Å². The van der Waals surface area contributed by atoms with Gasteiger partial charge >= 0.3 is 0 Å². The van der Waals surface area contributed by atoms with Crippen molar-refractivity contribution in [3.63, 3.8) is 0 Å². The first-order chi connectivity index (χ1) is 11.2. The van der Waals surface area contributed by atoms with Gasteiger partial charge in [0.1, 0.15) is 0 Å². The van der Waals surface area contributed by atoms with Crippen LogP contribution in [0.2, 0.25) is 0 Å². The van der Waals surface area contributed by atoms with Crippen molar-refractivity contribution in [3.05, 3.63) is 12.2 Å². The first kappa shape index (κ1) is 16.5. The van der Waals surface area contributed by atoms with Crippen molar-refractivity contribution in [2.75, 3.05) is 19.6 Å². The maximum Gasteiger partial charge on any atom is 0.226 e. The lowest BCUT2D eigenvalue weighted by Crippen LogP contribution is -2.45. The van der Waals surface area contributed by atoms with Crippen molar-refractivity contribution in [3.8, 4) is 0 Å². The summed E-state index contributed by atoms with van der Waals surface area (Å²) in [6.07, 6.45) is 13.9. The number of amides is 2. The summed E-state index contributed by atoms with van der Waals surface area (Å²) < 4.78 is 0. The highest BCUT2D eigenvalue weighted by atomic mass is 16.2. The van der Waals surface area contributed by atoms with Crippen LogP contribution in [0.25, 0.3) is 0 Å². The number of hydrogen-bond donors (Lipinski definition) is 1. The largest absolute Gasteiger partial charge is 0.356 e. The molecule has 1 unspecified atom stereocenters. The highest BCUT2D eigenvalue weighted by molar-refractivity contribution is 5.80. The summed E-state index contributed by atoms with van der Waals surface area (Å²) in [6, 6.07) is 0. The predicted octanol–water partition coefficient (Wildman–Crippen LogP) is 2.89. The summed E-state index contributed by atoms with van der Waals surface area (Å²) in [4.78, 5) is 26.6. The van der Waals surface area contributed by atoms with Crippen molar-refractivity contribution >= 4 is 11.8 Å². The van der Waals surface area contributed by atoms with Crippen LogP contribution in [0.15, 0.2) is 12.2 Å². The zero-order chi connectivity index (χ0) is 16.1. The fraction of sp³-hybridized carbons (Fsp3) is 0.789. The van der Waals surface area contributed by atoms with E-state index in [1.807, 2.05) is 4.90 Å². The molecule has 1 atom stereocenters. The molecular formula is C19H30N2O2. The SMILES string of the molecule is O=C(CC1CCCC1)NCC1CCCN(C(=O)C2CC=CC2)C1. The summed E-state index contributed by atoms with van der Waals surface area (Å²) in [5.74, 6) is 1.73. The second kappa shape index (κ2) is 7.98. The molecule has 2 fully saturated rings. The van der Waals surface area contributed by atoms with Crippen LogP contribution in [0.5, 0.6) is 0 Å². The molecule has 2 amide bonds. The van der Waals surface area contributed by atoms with Crippen LogP contribution < -0.4 is 5.32 Å². The van der Waals surface area contributed by atoms with E-state index < -0.39 is 0 Å². The Morgan fingerprint density at radius 2 is 1.70 bits per heavy atom. The molecule has 3 aliphatic rings. The lowest BCUT2D eigenvalue weighted by atomic mass is 9.95. The standard InChI is InChI=1S/C19H30N2O2/c22-18(12-15-6-1-2-7-15)20-13-16-8-5-11-21(14-16)19(23)17-9-3-4-10-17/h3-4,15-17H,1-2,5-14H2,(H,20,22). The van der Waals surface area contributed by atoms with E-state index >= 15 is 0 Å². The molecule has 4 heteroatoms. The van der Waals surface area contributed by atoms with Gasteiger partial charge < -0.3 is 10.2 Å². The minimum absolute atomic E-state index is 0.172. The lowest BCUT2D eigenvalue weighted by Gasteiger charge is -2.34. The van der Waals surface area contributed by atoms with Crippen LogP contribution in [0.3, 0.4) is 0 Å². The molecule has 3 rings (SSSR count). The minimum atomic E-state index is 0.172. The van der Waals surface area contributed by atoms with E-state index in [1.54, 1.807) is 0 Å². The fourth-order valence-electron chi connectivity index (χ4n) is 4.32. The second-order valence-corrected chi connectivity index (χ2v) is 7.59. The molecule has 0 aromatic heterocycles. The molecule has 1 aliphatic heterocycles. The Hall–Kier alpha value is -1.32. The zero-order valence-corrected chi connectivity index (χ0v) is 14.1. The van der Waals surface area contributed by atoms with Crippen molar-refractivity contribution in [2.45, 2.75) is 57.8 Å².